The Bertz CT molecular complexity index is 906. The number of hydrogen-bond donors (Lipinski definition) is 0. The van der Waals surface area contributed by atoms with Crippen LogP contribution in [0.3, 0.4) is 0 Å². The predicted molar refractivity (Wildman–Crippen MR) is 107 cm³/mol. The number of amides is 1. The summed E-state index contributed by atoms with van der Waals surface area (Å²) in [6.45, 7) is 1.68. The zero-order valence-electron chi connectivity index (χ0n) is 16.2. The third-order valence-electron chi connectivity index (χ3n) is 4.63. The third kappa shape index (κ3) is 4.17. The smallest absolute Gasteiger partial charge is 0.331 e. The first-order valence-electron chi connectivity index (χ1n) is 9.00. The van der Waals surface area contributed by atoms with Crippen molar-refractivity contribution in [2.75, 3.05) is 25.7 Å². The predicted octanol–water partition coefficient (Wildman–Crippen LogP) is 3.24. The fourth-order valence-electron chi connectivity index (χ4n) is 3.32. The molecule has 1 aliphatic rings. The van der Waals surface area contributed by atoms with Gasteiger partial charge < -0.3 is 19.1 Å². The molecule has 1 unspecified atom stereocenters. The van der Waals surface area contributed by atoms with Gasteiger partial charge in [0.2, 0.25) is 0 Å². The number of nitrogens with zero attached hydrogens (tertiary/aromatic N) is 1. The van der Waals surface area contributed by atoms with Gasteiger partial charge in [0.15, 0.2) is 18.1 Å². The Morgan fingerprint density at radius 3 is 2.61 bits per heavy atom. The van der Waals surface area contributed by atoms with Crippen molar-refractivity contribution in [2.45, 2.75) is 19.4 Å². The Kier molecular flexibility index (Phi) is 5.99. The highest BCUT2D eigenvalue weighted by molar-refractivity contribution is 5.98. The number of rotatable bonds is 6. The molecule has 0 spiro atoms. The van der Waals surface area contributed by atoms with Crippen molar-refractivity contribution in [2.24, 2.45) is 0 Å². The normalized spacial score (nSPS) is 15.4. The Balaban J connectivity index is 1.59. The van der Waals surface area contributed by atoms with E-state index in [2.05, 4.69) is 0 Å². The maximum Gasteiger partial charge on any atom is 0.331 e. The Hall–Kier alpha value is -3.28. The number of methoxy groups -OCH3 is 2. The van der Waals surface area contributed by atoms with Gasteiger partial charge in [-0.05, 0) is 48.7 Å². The zero-order valence-corrected chi connectivity index (χ0v) is 16.2. The second kappa shape index (κ2) is 8.61. The first-order valence-corrected chi connectivity index (χ1v) is 9.00. The topological polar surface area (TPSA) is 65.1 Å². The minimum Gasteiger partial charge on any atom is -0.493 e. The molecule has 0 saturated heterocycles. The van der Waals surface area contributed by atoms with Gasteiger partial charge in [-0.2, -0.15) is 0 Å². The van der Waals surface area contributed by atoms with E-state index in [1.54, 1.807) is 43.4 Å². The van der Waals surface area contributed by atoms with Crippen molar-refractivity contribution in [3.63, 3.8) is 0 Å². The van der Waals surface area contributed by atoms with E-state index in [0.717, 1.165) is 23.2 Å². The van der Waals surface area contributed by atoms with Crippen LogP contribution in [0.25, 0.3) is 6.08 Å². The van der Waals surface area contributed by atoms with Crippen LogP contribution >= 0.6 is 0 Å². The van der Waals surface area contributed by atoms with E-state index < -0.39 is 5.97 Å². The Morgan fingerprint density at radius 1 is 1.11 bits per heavy atom. The number of fused-ring (bicyclic) bond motifs is 1. The van der Waals surface area contributed by atoms with Crippen LogP contribution in [0.15, 0.2) is 48.5 Å². The van der Waals surface area contributed by atoms with Gasteiger partial charge in [0, 0.05) is 17.8 Å². The Morgan fingerprint density at radius 2 is 1.86 bits per heavy atom. The van der Waals surface area contributed by atoms with Crippen LogP contribution in [0.4, 0.5) is 5.69 Å². The number of para-hydroxylation sites is 1. The summed E-state index contributed by atoms with van der Waals surface area (Å²) in [6.07, 6.45) is 3.69. The summed E-state index contributed by atoms with van der Waals surface area (Å²) in [5.41, 5.74) is 2.77. The number of carbonyl (C=O) groups excluding carboxylic acids is 2. The molecule has 0 aromatic heterocycles. The lowest BCUT2D eigenvalue weighted by atomic mass is 10.1. The quantitative estimate of drug-likeness (QED) is 0.568. The summed E-state index contributed by atoms with van der Waals surface area (Å²) in [6, 6.07) is 13.1. The molecule has 6 nitrogen and oxygen atoms in total. The van der Waals surface area contributed by atoms with Gasteiger partial charge in [0.1, 0.15) is 0 Å². The average Bonchev–Trinajstić information content (AvgIpc) is 3.05. The van der Waals surface area contributed by atoms with Crippen molar-refractivity contribution < 1.29 is 23.8 Å². The molecule has 0 bridgehead atoms. The molecule has 0 saturated carbocycles. The number of carbonyl (C=O) groups is 2. The summed E-state index contributed by atoms with van der Waals surface area (Å²) in [5.74, 6) is 0.358. The van der Waals surface area contributed by atoms with Crippen LogP contribution in [0.2, 0.25) is 0 Å². The molecule has 2 aromatic carbocycles. The summed E-state index contributed by atoms with van der Waals surface area (Å²) in [7, 11) is 3.10. The molecule has 0 fully saturated rings. The average molecular weight is 381 g/mol. The lowest BCUT2D eigenvalue weighted by Crippen LogP contribution is -2.38. The fraction of sp³-hybridized carbons (Fsp3) is 0.273. The minimum atomic E-state index is -0.580. The van der Waals surface area contributed by atoms with Gasteiger partial charge in [-0.1, -0.05) is 24.3 Å². The van der Waals surface area contributed by atoms with Gasteiger partial charge in [-0.25, -0.2) is 4.79 Å². The zero-order chi connectivity index (χ0) is 20.1. The van der Waals surface area contributed by atoms with Crippen LogP contribution in [0, 0.1) is 0 Å². The van der Waals surface area contributed by atoms with Gasteiger partial charge in [-0.15, -0.1) is 0 Å². The highest BCUT2D eigenvalue weighted by Gasteiger charge is 2.30. The fourth-order valence-corrected chi connectivity index (χ4v) is 3.32. The van der Waals surface area contributed by atoms with Crippen molar-refractivity contribution in [3.05, 3.63) is 59.7 Å². The van der Waals surface area contributed by atoms with Crippen LogP contribution < -0.4 is 14.4 Å². The van der Waals surface area contributed by atoms with Crippen molar-refractivity contribution in [1.82, 2.24) is 0 Å². The molecular weight excluding hydrogens is 358 g/mol. The SMILES string of the molecule is COc1ccc(/C=C/C(=O)OCC(=O)N2c3ccccc3CC2C)cc1OC. The summed E-state index contributed by atoms with van der Waals surface area (Å²) in [4.78, 5) is 26.2. The first-order chi connectivity index (χ1) is 13.5. The number of ether oxygens (including phenoxy) is 3. The molecule has 0 aliphatic carbocycles. The summed E-state index contributed by atoms with van der Waals surface area (Å²) < 4.78 is 15.5. The monoisotopic (exact) mass is 381 g/mol. The lowest BCUT2D eigenvalue weighted by Gasteiger charge is -2.22. The molecule has 1 heterocycles. The number of anilines is 1. The molecule has 1 atom stereocenters. The lowest BCUT2D eigenvalue weighted by molar-refractivity contribution is -0.143. The van der Waals surface area contributed by atoms with Gasteiger partial charge in [0.25, 0.3) is 5.91 Å². The second-order valence-corrected chi connectivity index (χ2v) is 6.50. The van der Waals surface area contributed by atoms with E-state index >= 15 is 0 Å². The molecule has 1 amide bonds. The maximum atomic E-state index is 12.5. The molecule has 1 aliphatic heterocycles. The molecular formula is C22H23NO5. The molecule has 0 radical (unpaired) electrons. The van der Waals surface area contributed by atoms with E-state index in [9.17, 15) is 9.59 Å². The number of hydrogen-bond acceptors (Lipinski definition) is 5. The first kappa shape index (κ1) is 19.5. The third-order valence-corrected chi connectivity index (χ3v) is 4.63. The molecule has 28 heavy (non-hydrogen) atoms. The molecule has 6 heteroatoms. The van der Waals surface area contributed by atoms with E-state index in [-0.39, 0.29) is 18.6 Å². The largest absolute Gasteiger partial charge is 0.493 e. The van der Waals surface area contributed by atoms with E-state index in [4.69, 9.17) is 14.2 Å². The Labute approximate surface area is 164 Å². The molecule has 0 N–H and O–H groups in total. The second-order valence-electron chi connectivity index (χ2n) is 6.50. The van der Waals surface area contributed by atoms with Crippen molar-refractivity contribution in [1.29, 1.82) is 0 Å². The van der Waals surface area contributed by atoms with Gasteiger partial charge in [-0.3, -0.25) is 4.79 Å². The molecule has 146 valence electrons. The van der Waals surface area contributed by atoms with Gasteiger partial charge in [0.05, 0.1) is 14.2 Å². The maximum absolute atomic E-state index is 12.5. The van der Waals surface area contributed by atoms with Crippen LogP contribution in [-0.4, -0.2) is 38.7 Å². The standard InChI is InChI=1S/C22H23NO5/c1-15-12-17-6-4-5-7-18(17)23(15)21(24)14-28-22(25)11-9-16-8-10-19(26-2)20(13-16)27-3/h4-11,13,15H,12,14H2,1-3H3/b11-9+. The minimum absolute atomic E-state index is 0.0471. The molecule has 2 aromatic rings. The van der Waals surface area contributed by atoms with Crippen molar-refractivity contribution in [3.8, 4) is 11.5 Å². The van der Waals surface area contributed by atoms with E-state index in [1.807, 2.05) is 31.2 Å². The van der Waals surface area contributed by atoms with E-state index in [0.29, 0.717) is 11.5 Å². The van der Waals surface area contributed by atoms with E-state index in [1.165, 1.54) is 6.08 Å². The summed E-state index contributed by atoms with van der Waals surface area (Å²) >= 11 is 0. The van der Waals surface area contributed by atoms with Crippen LogP contribution in [0.5, 0.6) is 11.5 Å². The highest BCUT2D eigenvalue weighted by atomic mass is 16.5. The number of esters is 1. The van der Waals surface area contributed by atoms with Crippen LogP contribution in [0.1, 0.15) is 18.1 Å². The van der Waals surface area contributed by atoms with Crippen molar-refractivity contribution >= 4 is 23.6 Å². The summed E-state index contributed by atoms with van der Waals surface area (Å²) in [5, 5.41) is 0. The number of benzene rings is 2. The van der Waals surface area contributed by atoms with Gasteiger partial charge >= 0.3 is 5.97 Å². The highest BCUT2D eigenvalue weighted by Crippen LogP contribution is 2.32. The van der Waals surface area contributed by atoms with Crippen LogP contribution in [-0.2, 0) is 20.7 Å². The molecule has 3 rings (SSSR count).